The topological polar surface area (TPSA) is 118 Å². The lowest BCUT2D eigenvalue weighted by Crippen LogP contribution is -2.70. The second-order valence-electron chi connectivity index (χ2n) is 21.2. The summed E-state index contributed by atoms with van der Waals surface area (Å²) >= 11 is 0. The van der Waals surface area contributed by atoms with Crippen LogP contribution in [0.3, 0.4) is 0 Å². The van der Waals surface area contributed by atoms with Crippen molar-refractivity contribution in [1.29, 1.82) is 0 Å². The minimum atomic E-state index is -0.928. The zero-order chi connectivity index (χ0) is 40.0. The molecule has 312 valence electrons. The Kier molecular flexibility index (Phi) is 7.20. The first-order valence-electron chi connectivity index (χ1n) is 23.1. The maximum absolute atomic E-state index is 13.4. The number of ether oxygens (including phenoxy) is 4. The molecule has 10 nitrogen and oxygen atoms in total. The summed E-state index contributed by atoms with van der Waals surface area (Å²) in [5, 5.41) is 25.5. The van der Waals surface area contributed by atoms with E-state index in [1.54, 1.807) is 0 Å². The number of aryl methyl sites for hydroxylation is 1. The summed E-state index contributed by atoms with van der Waals surface area (Å²) in [4.78, 5) is 31.9. The van der Waals surface area contributed by atoms with E-state index in [1.807, 2.05) is 18.2 Å². The normalized spacial score (nSPS) is 43.3. The summed E-state index contributed by atoms with van der Waals surface area (Å²) in [7, 11) is 0. The van der Waals surface area contributed by atoms with Crippen LogP contribution in [-0.4, -0.2) is 87.1 Å². The first kappa shape index (κ1) is 36.2. The molecule has 0 radical (unpaired) electrons. The fourth-order valence-corrected chi connectivity index (χ4v) is 15.1. The van der Waals surface area contributed by atoms with Crippen LogP contribution in [0.2, 0.25) is 0 Å². The van der Waals surface area contributed by atoms with Gasteiger partial charge in [0.2, 0.25) is 0 Å². The van der Waals surface area contributed by atoms with Crippen molar-refractivity contribution in [2.24, 2.45) is 23.7 Å². The lowest BCUT2D eigenvalue weighted by Gasteiger charge is -2.57. The fraction of sp³-hybridized carbons (Fsp3) is 0.673. The van der Waals surface area contributed by atoms with Crippen molar-refractivity contribution in [3.63, 3.8) is 0 Å². The van der Waals surface area contributed by atoms with E-state index in [4.69, 9.17) is 18.9 Å². The van der Waals surface area contributed by atoms with Gasteiger partial charge in [0, 0.05) is 43.1 Å². The zero-order valence-electron chi connectivity index (χ0n) is 34.6. The minimum Gasteiger partial charge on any atom is -0.485 e. The molecular formula is C49H58N2O8. The van der Waals surface area contributed by atoms with Crippen LogP contribution >= 0.6 is 0 Å². The van der Waals surface area contributed by atoms with Crippen LogP contribution in [-0.2, 0) is 26.0 Å². The predicted molar refractivity (Wildman–Crippen MR) is 217 cm³/mol. The van der Waals surface area contributed by atoms with E-state index in [1.165, 1.54) is 31.2 Å². The van der Waals surface area contributed by atoms with Gasteiger partial charge >= 0.3 is 11.9 Å². The number of benzene rings is 2. The SMILES string of the molecule is C=C1CC[C@@]2(O)C3N(CC4CC4)C34C[C@@]23c2c4ccc(OC(=O)CCCCC(=O)Oc4ccc(C)c5c4O[C@H]4C6CC6CC[C@@]6(O)C(C)N(CC7CC7)CC[C@]546)c2O[C@@H]13. The Labute approximate surface area is 346 Å². The summed E-state index contributed by atoms with van der Waals surface area (Å²) in [5.41, 5.74) is 2.43. The predicted octanol–water partition coefficient (Wildman–Crippen LogP) is 6.52. The summed E-state index contributed by atoms with van der Waals surface area (Å²) in [5.74, 6) is 3.85. The molecule has 6 saturated carbocycles. The Morgan fingerprint density at radius 1 is 0.847 bits per heavy atom. The highest BCUT2D eigenvalue weighted by Gasteiger charge is 2.91. The summed E-state index contributed by atoms with van der Waals surface area (Å²) in [6.45, 7) is 11.8. The largest absolute Gasteiger partial charge is 0.485 e. The smallest absolute Gasteiger partial charge is 0.311 e. The van der Waals surface area contributed by atoms with E-state index in [9.17, 15) is 19.8 Å². The van der Waals surface area contributed by atoms with E-state index >= 15 is 0 Å². The van der Waals surface area contributed by atoms with Gasteiger partial charge in [0.25, 0.3) is 0 Å². The molecule has 12 atom stereocenters. The summed E-state index contributed by atoms with van der Waals surface area (Å²) in [6.07, 6.45) is 12.0. The van der Waals surface area contributed by atoms with Crippen LogP contribution in [0.1, 0.15) is 125 Å². The third-order valence-corrected chi connectivity index (χ3v) is 18.3. The molecule has 6 unspecified atom stereocenters. The monoisotopic (exact) mass is 802 g/mol. The minimum absolute atomic E-state index is 0.0182. The van der Waals surface area contributed by atoms with Crippen LogP contribution in [0, 0.1) is 30.6 Å². The van der Waals surface area contributed by atoms with E-state index in [0.717, 1.165) is 92.3 Å². The molecule has 3 spiro atoms. The molecule has 0 aromatic heterocycles. The Bertz CT molecular complexity index is 2250. The first-order valence-corrected chi connectivity index (χ1v) is 23.1. The Morgan fingerprint density at radius 3 is 2.27 bits per heavy atom. The second kappa shape index (κ2) is 11.7. The molecule has 2 aromatic rings. The van der Waals surface area contributed by atoms with Gasteiger partial charge in [-0.3, -0.25) is 19.4 Å². The number of unbranched alkanes of at least 4 members (excludes halogenated alkanes) is 1. The van der Waals surface area contributed by atoms with E-state index in [2.05, 4.69) is 36.3 Å². The molecule has 59 heavy (non-hydrogen) atoms. The number of fused-ring (bicyclic) bond motifs is 4. The number of aliphatic hydroxyl groups is 2. The number of esters is 2. The zero-order valence-corrected chi connectivity index (χ0v) is 34.6. The Hall–Kier alpha value is -3.44. The van der Waals surface area contributed by atoms with Gasteiger partial charge in [-0.05, 0) is 156 Å². The standard InChI is InChI=1S/C49H58N2O8/c1-26-8-14-34(40-38(26)45-20-21-50(23-29-9-10-29)28(3)48(45,54)19-17-31-22-32(31)43(45)59-40)56-36(52)6-4-5-7-37(53)57-35-15-13-33-39-41(35)58-42-27(2)16-18-49(55)44-47(33,25-46(39,42)49)51(44)24-30-11-12-30/h8,13-15,28-32,42-44,54-55H,2,4-7,9-12,16-25H2,1,3H3/t28?,31?,32?,42-,43-,44?,45-,46-,47?,48+,49+,51?/m0/s1. The molecule has 0 amide bonds. The van der Waals surface area contributed by atoms with Gasteiger partial charge in [-0.1, -0.05) is 18.7 Å². The van der Waals surface area contributed by atoms with Gasteiger partial charge in [0.1, 0.15) is 12.2 Å². The van der Waals surface area contributed by atoms with Gasteiger partial charge in [-0.15, -0.1) is 0 Å². The molecule has 8 fully saturated rings. The average molecular weight is 803 g/mol. The van der Waals surface area contributed by atoms with Gasteiger partial charge in [-0.2, -0.15) is 0 Å². The highest BCUT2D eigenvalue weighted by molar-refractivity contribution is 5.78. The van der Waals surface area contributed by atoms with Gasteiger partial charge < -0.3 is 29.2 Å². The number of carbonyl (C=O) groups excluding carboxylic acids is 2. The molecule has 7 aliphatic carbocycles. The van der Waals surface area contributed by atoms with Crippen LogP contribution in [0.5, 0.6) is 23.0 Å². The number of hydrogen-bond donors (Lipinski definition) is 2. The Morgan fingerprint density at radius 2 is 1.54 bits per heavy atom. The quantitative estimate of drug-likeness (QED) is 0.0856. The lowest BCUT2D eigenvalue weighted by molar-refractivity contribution is -0.157. The second-order valence-corrected chi connectivity index (χ2v) is 21.2. The number of hydrogen-bond acceptors (Lipinski definition) is 10. The van der Waals surface area contributed by atoms with Crippen LogP contribution in [0.15, 0.2) is 36.4 Å². The molecule has 2 N–H and O–H groups in total. The number of carbonyl (C=O) groups is 2. The number of piperidine rings is 2. The van der Waals surface area contributed by atoms with Gasteiger partial charge in [0.15, 0.2) is 23.0 Å². The van der Waals surface area contributed by atoms with Crippen molar-refractivity contribution in [2.45, 2.75) is 162 Å². The van der Waals surface area contributed by atoms with E-state index < -0.39 is 22.0 Å². The van der Waals surface area contributed by atoms with Crippen LogP contribution < -0.4 is 18.9 Å². The van der Waals surface area contributed by atoms with Crippen LogP contribution in [0.25, 0.3) is 0 Å². The summed E-state index contributed by atoms with van der Waals surface area (Å²) in [6, 6.07) is 8.04. The highest BCUT2D eigenvalue weighted by atomic mass is 16.6. The molecule has 2 bridgehead atoms. The van der Waals surface area contributed by atoms with Crippen molar-refractivity contribution in [2.75, 3.05) is 19.6 Å². The Balaban J connectivity index is 0.689. The molecule has 13 rings (SSSR count). The molecular weight excluding hydrogens is 745 g/mol. The van der Waals surface area contributed by atoms with E-state index in [0.29, 0.717) is 54.1 Å². The maximum atomic E-state index is 13.4. The number of rotatable bonds is 11. The van der Waals surface area contributed by atoms with Crippen molar-refractivity contribution in [3.8, 4) is 23.0 Å². The van der Waals surface area contributed by atoms with Gasteiger partial charge in [-0.25, -0.2) is 0 Å². The van der Waals surface area contributed by atoms with Crippen molar-refractivity contribution < 1.29 is 38.7 Å². The average Bonchev–Trinajstić information content (AvgIpc) is 4.11. The molecule has 4 heterocycles. The first-order chi connectivity index (χ1) is 28.4. The third kappa shape index (κ3) is 4.47. The molecule has 10 heteroatoms. The third-order valence-electron chi connectivity index (χ3n) is 18.3. The number of likely N-dealkylation sites (tertiary alicyclic amines) is 2. The molecule has 2 saturated heterocycles. The highest BCUT2D eigenvalue weighted by Crippen LogP contribution is 2.83. The molecule has 4 aliphatic heterocycles. The fourth-order valence-electron chi connectivity index (χ4n) is 15.1. The summed E-state index contributed by atoms with van der Waals surface area (Å²) < 4.78 is 25.7. The lowest BCUT2D eigenvalue weighted by atomic mass is 9.56. The molecule has 11 aliphatic rings. The van der Waals surface area contributed by atoms with Crippen LogP contribution in [0.4, 0.5) is 0 Å². The van der Waals surface area contributed by atoms with Crippen molar-refractivity contribution in [1.82, 2.24) is 9.80 Å². The number of nitrogens with zero attached hydrogens (tertiary/aromatic N) is 2. The van der Waals surface area contributed by atoms with Crippen molar-refractivity contribution >= 4 is 11.9 Å². The maximum Gasteiger partial charge on any atom is 0.311 e. The van der Waals surface area contributed by atoms with E-state index in [-0.39, 0.29) is 54.6 Å². The van der Waals surface area contributed by atoms with Crippen molar-refractivity contribution in [3.05, 3.63) is 58.7 Å². The van der Waals surface area contributed by atoms with Gasteiger partial charge in [0.05, 0.1) is 33.6 Å². The molecule has 2 aromatic carbocycles.